The van der Waals surface area contributed by atoms with Crippen LogP contribution in [0, 0.1) is 5.41 Å². The molecule has 0 spiro atoms. The summed E-state index contributed by atoms with van der Waals surface area (Å²) in [5.41, 5.74) is 1.00. The summed E-state index contributed by atoms with van der Waals surface area (Å²) in [5, 5.41) is 11.9. The molecule has 124 valence electrons. The van der Waals surface area contributed by atoms with E-state index in [4.69, 9.17) is 14.2 Å². The summed E-state index contributed by atoms with van der Waals surface area (Å²) in [6.45, 7) is 6.14. The molecule has 2 aromatic rings. The third-order valence-corrected chi connectivity index (χ3v) is 3.98. The quantitative estimate of drug-likeness (QED) is 0.933. The summed E-state index contributed by atoms with van der Waals surface area (Å²) in [7, 11) is 4.79. The van der Waals surface area contributed by atoms with Crippen LogP contribution < -0.4 is 19.5 Å². The largest absolute Gasteiger partial charge is 0.493 e. The Hall–Kier alpha value is -2.44. The Bertz CT molecular complexity index is 699. The summed E-state index contributed by atoms with van der Waals surface area (Å²) >= 11 is 0. The second-order valence-electron chi connectivity index (χ2n) is 6.37. The molecular weight excluding hydrogens is 296 g/mol. The van der Waals surface area contributed by atoms with Crippen LogP contribution in [0.1, 0.15) is 13.8 Å². The maximum atomic E-state index is 5.42. The minimum atomic E-state index is 0.130. The highest BCUT2D eigenvalue weighted by molar-refractivity contribution is 5.67. The number of nitrogens with zero attached hydrogens (tertiary/aromatic N) is 3. The lowest BCUT2D eigenvalue weighted by Gasteiger charge is -2.31. The molecule has 2 heterocycles. The van der Waals surface area contributed by atoms with Crippen molar-refractivity contribution in [2.24, 2.45) is 5.41 Å². The average molecular weight is 318 g/mol. The van der Waals surface area contributed by atoms with Crippen molar-refractivity contribution in [1.29, 1.82) is 0 Å². The molecule has 0 saturated carbocycles. The number of ether oxygens (including phenoxy) is 3. The molecule has 1 aliphatic rings. The third-order valence-electron chi connectivity index (χ3n) is 3.98. The van der Waals surface area contributed by atoms with E-state index >= 15 is 0 Å². The molecule has 0 unspecified atom stereocenters. The molecule has 1 N–H and O–H groups in total. The van der Waals surface area contributed by atoms with Gasteiger partial charge in [0.15, 0.2) is 17.3 Å². The maximum absolute atomic E-state index is 5.42. The Morgan fingerprint density at radius 1 is 1.04 bits per heavy atom. The van der Waals surface area contributed by atoms with Crippen LogP contribution in [-0.2, 0) is 6.54 Å². The minimum absolute atomic E-state index is 0.130. The summed E-state index contributed by atoms with van der Waals surface area (Å²) in [6.07, 6.45) is 0. The maximum Gasteiger partial charge on any atom is 0.224 e. The number of rotatable bonds is 4. The molecular formula is C16H22N4O3. The minimum Gasteiger partial charge on any atom is -0.493 e. The second kappa shape index (κ2) is 5.64. The lowest BCUT2D eigenvalue weighted by atomic mass is 9.92. The van der Waals surface area contributed by atoms with Gasteiger partial charge in [0, 0.05) is 24.1 Å². The van der Waals surface area contributed by atoms with Crippen molar-refractivity contribution in [3.05, 3.63) is 12.1 Å². The number of fused-ring (bicyclic) bond motifs is 1. The van der Waals surface area contributed by atoms with Crippen molar-refractivity contribution < 1.29 is 14.2 Å². The Morgan fingerprint density at radius 2 is 1.70 bits per heavy atom. The van der Waals surface area contributed by atoms with Gasteiger partial charge >= 0.3 is 0 Å². The van der Waals surface area contributed by atoms with Crippen LogP contribution in [-0.4, -0.2) is 42.6 Å². The SMILES string of the molecule is COc1cc(-c2nnc3n2CC(C)(C)CN3)cc(OC)c1OC. The smallest absolute Gasteiger partial charge is 0.224 e. The third kappa shape index (κ3) is 2.67. The van der Waals surface area contributed by atoms with Crippen molar-refractivity contribution in [2.75, 3.05) is 33.2 Å². The summed E-state index contributed by atoms with van der Waals surface area (Å²) in [4.78, 5) is 0. The van der Waals surface area contributed by atoms with E-state index in [2.05, 4.69) is 33.9 Å². The monoisotopic (exact) mass is 318 g/mol. The second-order valence-corrected chi connectivity index (χ2v) is 6.37. The Kier molecular flexibility index (Phi) is 3.79. The molecule has 1 aromatic carbocycles. The van der Waals surface area contributed by atoms with Gasteiger partial charge in [-0.3, -0.25) is 4.57 Å². The van der Waals surface area contributed by atoms with Crippen molar-refractivity contribution in [1.82, 2.24) is 14.8 Å². The van der Waals surface area contributed by atoms with Gasteiger partial charge in [-0.15, -0.1) is 10.2 Å². The lowest BCUT2D eigenvalue weighted by molar-refractivity contribution is 0.311. The van der Waals surface area contributed by atoms with Crippen LogP contribution in [0.3, 0.4) is 0 Å². The molecule has 0 fully saturated rings. The first-order valence-electron chi connectivity index (χ1n) is 7.46. The first kappa shape index (κ1) is 15.5. The fourth-order valence-electron chi connectivity index (χ4n) is 2.81. The van der Waals surface area contributed by atoms with Gasteiger partial charge in [0.25, 0.3) is 0 Å². The highest BCUT2D eigenvalue weighted by atomic mass is 16.5. The highest BCUT2D eigenvalue weighted by Crippen LogP contribution is 2.41. The van der Waals surface area contributed by atoms with Crippen molar-refractivity contribution in [3.63, 3.8) is 0 Å². The summed E-state index contributed by atoms with van der Waals surface area (Å²) in [5.74, 6) is 3.33. The van der Waals surface area contributed by atoms with E-state index in [0.29, 0.717) is 17.2 Å². The van der Waals surface area contributed by atoms with Crippen LogP contribution in [0.4, 0.5) is 5.95 Å². The fraction of sp³-hybridized carbons (Fsp3) is 0.500. The number of aromatic nitrogens is 3. The molecule has 0 radical (unpaired) electrons. The zero-order valence-electron chi connectivity index (χ0n) is 14.1. The standard InChI is InChI=1S/C16H22N4O3/c1-16(2)8-17-15-19-18-14(20(15)9-16)10-6-11(21-3)13(23-5)12(7-10)22-4/h6-7H,8-9H2,1-5H3,(H,17,19). The predicted octanol–water partition coefficient (Wildman–Crippen LogP) is 2.42. The summed E-state index contributed by atoms with van der Waals surface area (Å²) in [6, 6.07) is 3.78. The van der Waals surface area contributed by atoms with Crippen molar-refractivity contribution in [3.8, 4) is 28.6 Å². The van der Waals surface area contributed by atoms with Gasteiger partial charge in [-0.2, -0.15) is 0 Å². The van der Waals surface area contributed by atoms with Gasteiger partial charge in [-0.1, -0.05) is 13.8 Å². The zero-order chi connectivity index (χ0) is 16.6. The van der Waals surface area contributed by atoms with Crippen LogP contribution in [0.2, 0.25) is 0 Å². The molecule has 1 aromatic heterocycles. The van der Waals surface area contributed by atoms with E-state index in [-0.39, 0.29) is 5.41 Å². The van der Waals surface area contributed by atoms with Gasteiger partial charge in [-0.05, 0) is 12.1 Å². The number of anilines is 1. The number of hydrogen-bond donors (Lipinski definition) is 1. The number of nitrogens with one attached hydrogen (secondary N) is 1. The van der Waals surface area contributed by atoms with E-state index in [1.165, 1.54) is 0 Å². The van der Waals surface area contributed by atoms with Gasteiger partial charge in [0.2, 0.25) is 11.7 Å². The molecule has 3 rings (SSSR count). The topological polar surface area (TPSA) is 70.4 Å². The van der Waals surface area contributed by atoms with Crippen molar-refractivity contribution >= 4 is 5.95 Å². The molecule has 0 amide bonds. The molecule has 0 atom stereocenters. The number of methoxy groups -OCH3 is 3. The fourth-order valence-corrected chi connectivity index (χ4v) is 2.81. The van der Waals surface area contributed by atoms with Crippen LogP contribution in [0.25, 0.3) is 11.4 Å². The average Bonchev–Trinajstić information content (AvgIpc) is 2.94. The van der Waals surface area contributed by atoms with E-state index in [1.807, 2.05) is 12.1 Å². The number of benzene rings is 1. The van der Waals surface area contributed by atoms with Gasteiger partial charge in [-0.25, -0.2) is 0 Å². The zero-order valence-corrected chi connectivity index (χ0v) is 14.1. The predicted molar refractivity (Wildman–Crippen MR) is 87.4 cm³/mol. The first-order chi connectivity index (χ1) is 11.0. The van der Waals surface area contributed by atoms with E-state index in [0.717, 1.165) is 30.4 Å². The molecule has 0 saturated heterocycles. The molecule has 7 nitrogen and oxygen atoms in total. The van der Waals surface area contributed by atoms with Crippen LogP contribution >= 0.6 is 0 Å². The van der Waals surface area contributed by atoms with Crippen LogP contribution in [0.15, 0.2) is 12.1 Å². The van der Waals surface area contributed by atoms with Crippen molar-refractivity contribution in [2.45, 2.75) is 20.4 Å². The van der Waals surface area contributed by atoms with Gasteiger partial charge in [0.1, 0.15) is 0 Å². The van der Waals surface area contributed by atoms with Gasteiger partial charge < -0.3 is 19.5 Å². The van der Waals surface area contributed by atoms with Crippen LogP contribution in [0.5, 0.6) is 17.2 Å². The number of hydrogen-bond acceptors (Lipinski definition) is 6. The highest BCUT2D eigenvalue weighted by Gasteiger charge is 2.29. The molecule has 0 bridgehead atoms. The van der Waals surface area contributed by atoms with Gasteiger partial charge in [0.05, 0.1) is 21.3 Å². The lowest BCUT2D eigenvalue weighted by Crippen LogP contribution is -2.34. The Labute approximate surface area is 135 Å². The Morgan fingerprint density at radius 3 is 2.26 bits per heavy atom. The van der Waals surface area contributed by atoms with E-state index in [9.17, 15) is 0 Å². The molecule has 1 aliphatic heterocycles. The molecule has 7 heteroatoms. The molecule has 23 heavy (non-hydrogen) atoms. The first-order valence-corrected chi connectivity index (χ1v) is 7.46. The normalized spacial score (nSPS) is 15.5. The summed E-state index contributed by atoms with van der Waals surface area (Å²) < 4.78 is 18.3. The molecule has 0 aliphatic carbocycles. The Balaban J connectivity index is 2.12. The van der Waals surface area contributed by atoms with E-state index < -0.39 is 0 Å². The van der Waals surface area contributed by atoms with E-state index in [1.54, 1.807) is 21.3 Å².